The average Bonchev–Trinajstić information content (AvgIpc) is 3.07. The Hall–Kier alpha value is -2.35. The number of piperidine rings is 2. The van der Waals surface area contributed by atoms with E-state index in [1.54, 1.807) is 19.9 Å². The van der Waals surface area contributed by atoms with E-state index in [2.05, 4.69) is 10.00 Å². The monoisotopic (exact) mass is 434 g/mol. The van der Waals surface area contributed by atoms with Crippen molar-refractivity contribution in [3.05, 3.63) is 46.8 Å². The van der Waals surface area contributed by atoms with Gasteiger partial charge in [-0.1, -0.05) is 12.5 Å². The summed E-state index contributed by atoms with van der Waals surface area (Å²) in [6, 6.07) is 5.58. The Morgan fingerprint density at radius 1 is 1.03 bits per heavy atom. The zero-order valence-corrected chi connectivity index (χ0v) is 18.1. The maximum absolute atomic E-state index is 13.3. The van der Waals surface area contributed by atoms with Gasteiger partial charge in [-0.05, 0) is 70.8 Å². The Morgan fingerprint density at radius 3 is 2.35 bits per heavy atom. The molecular weight excluding hydrogens is 405 g/mol. The summed E-state index contributed by atoms with van der Waals surface area (Å²) < 4.78 is 40.8. The number of carbonyl (C=O) groups excluding carboxylic acids is 1. The predicted octanol–water partition coefficient (Wildman–Crippen LogP) is 4.60. The Kier molecular flexibility index (Phi) is 6.10. The highest BCUT2D eigenvalue weighted by molar-refractivity contribution is 5.96. The number of rotatable bonds is 3. The summed E-state index contributed by atoms with van der Waals surface area (Å²) in [5.41, 5.74) is 1.18. The molecule has 4 rings (SSSR count). The fraction of sp³-hybridized carbons (Fsp3) is 0.565. The van der Waals surface area contributed by atoms with Gasteiger partial charge >= 0.3 is 6.18 Å². The molecule has 1 aromatic carbocycles. The van der Waals surface area contributed by atoms with E-state index < -0.39 is 11.7 Å². The number of hydrogen-bond donors (Lipinski definition) is 0. The first-order valence-electron chi connectivity index (χ1n) is 11.0. The van der Waals surface area contributed by atoms with Gasteiger partial charge in [0.1, 0.15) is 0 Å². The van der Waals surface area contributed by atoms with Gasteiger partial charge < -0.3 is 9.80 Å². The van der Waals surface area contributed by atoms with E-state index in [4.69, 9.17) is 0 Å². The molecule has 0 atom stereocenters. The largest absolute Gasteiger partial charge is 0.416 e. The van der Waals surface area contributed by atoms with Gasteiger partial charge in [0.05, 0.1) is 28.2 Å². The van der Waals surface area contributed by atoms with Crippen LogP contribution in [-0.4, -0.2) is 57.7 Å². The van der Waals surface area contributed by atoms with Crippen LogP contribution in [0.4, 0.5) is 13.2 Å². The highest BCUT2D eigenvalue weighted by Gasteiger charge is 2.32. The molecule has 168 valence electrons. The second-order valence-corrected chi connectivity index (χ2v) is 8.63. The molecule has 31 heavy (non-hydrogen) atoms. The number of amides is 1. The molecule has 0 saturated carbocycles. The van der Waals surface area contributed by atoms with Crippen LogP contribution < -0.4 is 0 Å². The van der Waals surface area contributed by atoms with Crippen molar-refractivity contribution < 1.29 is 18.0 Å². The highest BCUT2D eigenvalue weighted by atomic mass is 19.4. The maximum Gasteiger partial charge on any atom is 0.416 e. The Bertz CT molecular complexity index is 939. The summed E-state index contributed by atoms with van der Waals surface area (Å²) >= 11 is 0. The third-order valence-corrected chi connectivity index (χ3v) is 6.58. The van der Waals surface area contributed by atoms with E-state index in [0.29, 0.717) is 41.8 Å². The van der Waals surface area contributed by atoms with E-state index in [9.17, 15) is 18.0 Å². The number of likely N-dealkylation sites (tertiary alicyclic amines) is 2. The SMILES string of the molecule is Cc1nn(-c2cccc(C(F)(F)F)c2)c(C)c1C(=O)N1CCC(N2CCCCC2)CC1. The van der Waals surface area contributed by atoms with Crippen molar-refractivity contribution in [1.29, 1.82) is 0 Å². The third-order valence-electron chi connectivity index (χ3n) is 6.58. The van der Waals surface area contributed by atoms with Crippen LogP contribution in [0.25, 0.3) is 5.69 Å². The van der Waals surface area contributed by atoms with Gasteiger partial charge in [0, 0.05) is 19.1 Å². The second kappa shape index (κ2) is 8.65. The molecule has 0 N–H and O–H groups in total. The number of hydrogen-bond acceptors (Lipinski definition) is 3. The number of nitrogens with zero attached hydrogens (tertiary/aromatic N) is 4. The quantitative estimate of drug-likeness (QED) is 0.709. The van der Waals surface area contributed by atoms with Gasteiger partial charge in [0.15, 0.2) is 0 Å². The van der Waals surface area contributed by atoms with Crippen molar-refractivity contribution >= 4 is 5.91 Å². The molecule has 0 radical (unpaired) electrons. The van der Waals surface area contributed by atoms with Crippen LogP contribution in [0.1, 0.15) is 59.4 Å². The molecule has 3 heterocycles. The molecule has 1 aromatic heterocycles. The van der Waals surface area contributed by atoms with Gasteiger partial charge in [-0.25, -0.2) is 4.68 Å². The molecule has 2 aromatic rings. The first-order valence-corrected chi connectivity index (χ1v) is 11.0. The minimum absolute atomic E-state index is 0.0784. The van der Waals surface area contributed by atoms with Gasteiger partial charge in [-0.15, -0.1) is 0 Å². The summed E-state index contributed by atoms with van der Waals surface area (Å²) in [7, 11) is 0. The molecule has 1 amide bonds. The predicted molar refractivity (Wildman–Crippen MR) is 112 cm³/mol. The van der Waals surface area contributed by atoms with Crippen LogP contribution in [0.3, 0.4) is 0 Å². The lowest BCUT2D eigenvalue weighted by Crippen LogP contribution is -2.48. The van der Waals surface area contributed by atoms with Crippen LogP contribution in [0, 0.1) is 13.8 Å². The van der Waals surface area contributed by atoms with Crippen LogP contribution in [0.2, 0.25) is 0 Å². The molecule has 0 unspecified atom stereocenters. The number of halogens is 3. The van der Waals surface area contributed by atoms with Crippen LogP contribution in [0.5, 0.6) is 0 Å². The van der Waals surface area contributed by atoms with Gasteiger partial charge in [-0.2, -0.15) is 18.3 Å². The zero-order valence-electron chi connectivity index (χ0n) is 18.1. The smallest absolute Gasteiger partial charge is 0.338 e. The third kappa shape index (κ3) is 4.49. The summed E-state index contributed by atoms with van der Waals surface area (Å²) in [6.07, 6.45) is 1.32. The zero-order chi connectivity index (χ0) is 22.2. The van der Waals surface area contributed by atoms with Crippen molar-refractivity contribution in [2.24, 2.45) is 0 Å². The van der Waals surface area contributed by atoms with E-state index >= 15 is 0 Å². The second-order valence-electron chi connectivity index (χ2n) is 8.63. The molecular formula is C23H29F3N4O. The van der Waals surface area contributed by atoms with Gasteiger partial charge in [0.25, 0.3) is 5.91 Å². The van der Waals surface area contributed by atoms with E-state index in [0.717, 1.165) is 38.1 Å². The normalized spacial score (nSPS) is 19.1. The first kappa shape index (κ1) is 21.9. The minimum atomic E-state index is -4.43. The Morgan fingerprint density at radius 2 is 1.71 bits per heavy atom. The average molecular weight is 435 g/mol. The first-order chi connectivity index (χ1) is 14.8. The van der Waals surface area contributed by atoms with Crippen molar-refractivity contribution in [1.82, 2.24) is 19.6 Å². The lowest BCUT2D eigenvalue weighted by Gasteiger charge is -2.40. The number of carbonyl (C=O) groups is 1. The minimum Gasteiger partial charge on any atom is -0.338 e. The number of aromatic nitrogens is 2. The standard InChI is InChI=1S/C23H29F3N4O/c1-16-21(17(2)30(27-16)20-8-6-7-18(15-20)23(24,25)26)22(31)29-13-9-19(10-14-29)28-11-4-3-5-12-28/h6-8,15,19H,3-5,9-14H2,1-2H3. The molecule has 2 fully saturated rings. The molecule has 2 aliphatic rings. The molecule has 2 saturated heterocycles. The molecule has 8 heteroatoms. The maximum atomic E-state index is 13.3. The summed E-state index contributed by atoms with van der Waals surface area (Å²) in [5.74, 6) is -0.0784. The Labute approximate surface area is 180 Å². The van der Waals surface area contributed by atoms with Crippen molar-refractivity contribution in [2.45, 2.75) is 58.2 Å². The summed E-state index contributed by atoms with van der Waals surface area (Å²) in [5, 5.41) is 4.40. The van der Waals surface area contributed by atoms with Gasteiger partial charge in [0.2, 0.25) is 0 Å². The molecule has 0 spiro atoms. The molecule has 0 aliphatic carbocycles. The van der Waals surface area contributed by atoms with Gasteiger partial charge in [-0.3, -0.25) is 4.79 Å². The molecule has 5 nitrogen and oxygen atoms in total. The molecule has 2 aliphatic heterocycles. The lowest BCUT2D eigenvalue weighted by molar-refractivity contribution is -0.137. The number of aryl methyl sites for hydroxylation is 1. The Balaban J connectivity index is 1.51. The fourth-order valence-electron chi connectivity index (χ4n) is 4.89. The van der Waals surface area contributed by atoms with Crippen molar-refractivity contribution in [3.63, 3.8) is 0 Å². The van der Waals surface area contributed by atoms with E-state index in [1.807, 2.05) is 4.90 Å². The van der Waals surface area contributed by atoms with E-state index in [-0.39, 0.29) is 5.91 Å². The summed E-state index contributed by atoms with van der Waals surface area (Å²) in [6.45, 7) is 7.20. The van der Waals surface area contributed by atoms with Crippen LogP contribution in [0.15, 0.2) is 24.3 Å². The highest BCUT2D eigenvalue weighted by Crippen LogP contribution is 2.31. The van der Waals surface area contributed by atoms with E-state index in [1.165, 1.54) is 30.0 Å². The fourth-order valence-corrected chi connectivity index (χ4v) is 4.89. The lowest BCUT2D eigenvalue weighted by atomic mass is 9.99. The van der Waals surface area contributed by atoms with Crippen molar-refractivity contribution in [2.75, 3.05) is 26.2 Å². The van der Waals surface area contributed by atoms with Crippen LogP contribution >= 0.6 is 0 Å². The summed E-state index contributed by atoms with van der Waals surface area (Å²) in [4.78, 5) is 17.7. The topological polar surface area (TPSA) is 41.4 Å². The van der Waals surface area contributed by atoms with Crippen LogP contribution in [-0.2, 0) is 6.18 Å². The number of alkyl halides is 3. The molecule has 0 bridgehead atoms. The number of benzene rings is 1. The van der Waals surface area contributed by atoms with Crippen molar-refractivity contribution in [3.8, 4) is 5.69 Å².